The van der Waals surface area contributed by atoms with Crippen LogP contribution in [0.3, 0.4) is 0 Å². The standard InChI is InChI=1S/C12H17NO2/c1-14-10-3-4-12(15-2)11(7-10)9-5-6-13-8-9/h3-4,7,9,13H,5-6,8H2,1-2H3. The zero-order valence-electron chi connectivity index (χ0n) is 9.25. The van der Waals surface area contributed by atoms with Gasteiger partial charge in [0, 0.05) is 18.0 Å². The monoisotopic (exact) mass is 207 g/mol. The van der Waals surface area contributed by atoms with Gasteiger partial charge in [-0.15, -0.1) is 0 Å². The van der Waals surface area contributed by atoms with Crippen molar-refractivity contribution in [1.82, 2.24) is 5.32 Å². The molecule has 1 N–H and O–H groups in total. The predicted octanol–water partition coefficient (Wildman–Crippen LogP) is 1.78. The van der Waals surface area contributed by atoms with Gasteiger partial charge in [-0.25, -0.2) is 0 Å². The van der Waals surface area contributed by atoms with E-state index in [9.17, 15) is 0 Å². The van der Waals surface area contributed by atoms with Gasteiger partial charge in [0.1, 0.15) is 11.5 Å². The molecule has 1 saturated heterocycles. The lowest BCUT2D eigenvalue weighted by atomic mass is 9.97. The molecule has 0 amide bonds. The minimum atomic E-state index is 0.551. The Morgan fingerprint density at radius 3 is 2.73 bits per heavy atom. The fourth-order valence-electron chi connectivity index (χ4n) is 2.08. The van der Waals surface area contributed by atoms with Crippen molar-refractivity contribution < 1.29 is 9.47 Å². The van der Waals surface area contributed by atoms with Crippen molar-refractivity contribution >= 4 is 0 Å². The van der Waals surface area contributed by atoms with Crippen LogP contribution in [0.2, 0.25) is 0 Å². The molecule has 0 bridgehead atoms. The Morgan fingerprint density at radius 1 is 1.27 bits per heavy atom. The molecule has 1 aliphatic rings. The molecule has 0 spiro atoms. The SMILES string of the molecule is COc1ccc(OC)c(C2CCNC2)c1. The number of methoxy groups -OCH3 is 2. The van der Waals surface area contributed by atoms with Crippen LogP contribution in [0.4, 0.5) is 0 Å². The minimum Gasteiger partial charge on any atom is -0.497 e. The number of nitrogens with one attached hydrogen (secondary N) is 1. The first-order chi connectivity index (χ1) is 7.35. The van der Waals surface area contributed by atoms with Crippen LogP contribution in [0.25, 0.3) is 0 Å². The molecule has 3 nitrogen and oxygen atoms in total. The van der Waals surface area contributed by atoms with Crippen molar-refractivity contribution in [2.75, 3.05) is 27.3 Å². The molecule has 1 fully saturated rings. The van der Waals surface area contributed by atoms with E-state index in [4.69, 9.17) is 9.47 Å². The molecule has 1 aromatic carbocycles. The highest BCUT2D eigenvalue weighted by molar-refractivity contribution is 5.43. The van der Waals surface area contributed by atoms with Crippen molar-refractivity contribution in [3.8, 4) is 11.5 Å². The van der Waals surface area contributed by atoms with Crippen LogP contribution in [0.15, 0.2) is 18.2 Å². The first-order valence-corrected chi connectivity index (χ1v) is 5.28. The third-order valence-corrected chi connectivity index (χ3v) is 2.94. The average molecular weight is 207 g/mol. The summed E-state index contributed by atoms with van der Waals surface area (Å²) in [5.41, 5.74) is 1.25. The van der Waals surface area contributed by atoms with Crippen molar-refractivity contribution in [3.05, 3.63) is 23.8 Å². The molecule has 3 heteroatoms. The smallest absolute Gasteiger partial charge is 0.122 e. The summed E-state index contributed by atoms with van der Waals surface area (Å²) in [6, 6.07) is 5.99. The van der Waals surface area contributed by atoms with E-state index in [1.807, 2.05) is 12.1 Å². The van der Waals surface area contributed by atoms with E-state index in [1.54, 1.807) is 14.2 Å². The van der Waals surface area contributed by atoms with Crippen LogP contribution < -0.4 is 14.8 Å². The molecular formula is C12H17NO2. The van der Waals surface area contributed by atoms with Gasteiger partial charge in [-0.3, -0.25) is 0 Å². The number of hydrogen-bond acceptors (Lipinski definition) is 3. The maximum absolute atomic E-state index is 5.37. The third-order valence-electron chi connectivity index (χ3n) is 2.94. The Morgan fingerprint density at radius 2 is 2.13 bits per heavy atom. The summed E-state index contributed by atoms with van der Waals surface area (Å²) >= 11 is 0. The summed E-state index contributed by atoms with van der Waals surface area (Å²) in [5.74, 6) is 2.41. The number of benzene rings is 1. The molecule has 82 valence electrons. The Balaban J connectivity index is 2.32. The first kappa shape index (κ1) is 10.3. The summed E-state index contributed by atoms with van der Waals surface area (Å²) < 4.78 is 10.6. The molecule has 0 aliphatic carbocycles. The van der Waals surface area contributed by atoms with Gasteiger partial charge in [-0.1, -0.05) is 0 Å². The highest BCUT2D eigenvalue weighted by Gasteiger charge is 2.20. The molecule has 1 unspecified atom stereocenters. The average Bonchev–Trinajstić information content (AvgIpc) is 2.81. The summed E-state index contributed by atoms with van der Waals surface area (Å²) in [7, 11) is 3.41. The molecule has 15 heavy (non-hydrogen) atoms. The molecule has 1 heterocycles. The van der Waals surface area contributed by atoms with Gasteiger partial charge in [-0.2, -0.15) is 0 Å². The molecule has 0 radical (unpaired) electrons. The zero-order chi connectivity index (χ0) is 10.7. The molecule has 1 atom stereocenters. The van der Waals surface area contributed by atoms with Crippen molar-refractivity contribution in [2.24, 2.45) is 0 Å². The maximum Gasteiger partial charge on any atom is 0.122 e. The quantitative estimate of drug-likeness (QED) is 0.819. The lowest BCUT2D eigenvalue weighted by molar-refractivity contribution is 0.396. The predicted molar refractivity (Wildman–Crippen MR) is 59.8 cm³/mol. The van der Waals surface area contributed by atoms with E-state index < -0.39 is 0 Å². The molecule has 2 rings (SSSR count). The molecular weight excluding hydrogens is 190 g/mol. The fourth-order valence-corrected chi connectivity index (χ4v) is 2.08. The van der Waals surface area contributed by atoms with Crippen molar-refractivity contribution in [1.29, 1.82) is 0 Å². The second-order valence-electron chi connectivity index (χ2n) is 3.80. The van der Waals surface area contributed by atoms with Crippen LogP contribution in [-0.4, -0.2) is 27.3 Å². The summed E-state index contributed by atoms with van der Waals surface area (Å²) in [6.07, 6.45) is 1.17. The lowest BCUT2D eigenvalue weighted by Crippen LogP contribution is -2.08. The largest absolute Gasteiger partial charge is 0.497 e. The number of rotatable bonds is 3. The highest BCUT2D eigenvalue weighted by Crippen LogP contribution is 2.33. The van der Waals surface area contributed by atoms with Crippen LogP contribution in [0.1, 0.15) is 17.9 Å². The second-order valence-corrected chi connectivity index (χ2v) is 3.80. The van der Waals surface area contributed by atoms with Crippen molar-refractivity contribution in [2.45, 2.75) is 12.3 Å². The second kappa shape index (κ2) is 4.53. The summed E-state index contributed by atoms with van der Waals surface area (Å²) in [5, 5.41) is 3.36. The molecule has 1 aromatic rings. The van der Waals surface area contributed by atoms with E-state index in [0.29, 0.717) is 5.92 Å². The lowest BCUT2D eigenvalue weighted by Gasteiger charge is -2.14. The highest BCUT2D eigenvalue weighted by atomic mass is 16.5. The van der Waals surface area contributed by atoms with Gasteiger partial charge in [0.05, 0.1) is 14.2 Å². The Hall–Kier alpha value is -1.22. The topological polar surface area (TPSA) is 30.5 Å². The van der Waals surface area contributed by atoms with E-state index in [0.717, 1.165) is 24.6 Å². The Bertz CT molecular complexity index is 332. The van der Waals surface area contributed by atoms with Crippen LogP contribution in [0.5, 0.6) is 11.5 Å². The van der Waals surface area contributed by atoms with Gasteiger partial charge in [0.25, 0.3) is 0 Å². The maximum atomic E-state index is 5.37. The number of hydrogen-bond donors (Lipinski definition) is 1. The van der Waals surface area contributed by atoms with Gasteiger partial charge in [-0.05, 0) is 31.2 Å². The van der Waals surface area contributed by atoms with E-state index in [-0.39, 0.29) is 0 Å². The van der Waals surface area contributed by atoms with E-state index in [2.05, 4.69) is 11.4 Å². The third kappa shape index (κ3) is 2.07. The first-order valence-electron chi connectivity index (χ1n) is 5.28. The molecule has 0 aromatic heterocycles. The molecule has 1 aliphatic heterocycles. The minimum absolute atomic E-state index is 0.551. The van der Waals surface area contributed by atoms with E-state index in [1.165, 1.54) is 12.0 Å². The van der Waals surface area contributed by atoms with Gasteiger partial charge >= 0.3 is 0 Å². The zero-order valence-corrected chi connectivity index (χ0v) is 9.25. The van der Waals surface area contributed by atoms with Crippen molar-refractivity contribution in [3.63, 3.8) is 0 Å². The summed E-state index contributed by atoms with van der Waals surface area (Å²) in [6.45, 7) is 2.12. The van der Waals surface area contributed by atoms with Gasteiger partial charge in [0.15, 0.2) is 0 Å². The normalized spacial score (nSPS) is 20.3. The molecule has 0 saturated carbocycles. The Labute approximate surface area is 90.4 Å². The van der Waals surface area contributed by atoms with Gasteiger partial charge < -0.3 is 14.8 Å². The number of ether oxygens (including phenoxy) is 2. The summed E-state index contributed by atoms with van der Waals surface area (Å²) in [4.78, 5) is 0. The Kier molecular flexibility index (Phi) is 3.11. The fraction of sp³-hybridized carbons (Fsp3) is 0.500. The van der Waals surface area contributed by atoms with Crippen LogP contribution in [-0.2, 0) is 0 Å². The van der Waals surface area contributed by atoms with Crippen LogP contribution >= 0.6 is 0 Å². The van der Waals surface area contributed by atoms with Crippen LogP contribution in [0, 0.1) is 0 Å². The van der Waals surface area contributed by atoms with E-state index >= 15 is 0 Å². The van der Waals surface area contributed by atoms with Gasteiger partial charge in [0.2, 0.25) is 0 Å².